The molecule has 1 saturated heterocycles. The van der Waals surface area contributed by atoms with Gasteiger partial charge < -0.3 is 5.32 Å². The van der Waals surface area contributed by atoms with Crippen molar-refractivity contribution in [3.8, 4) is 6.07 Å². The van der Waals surface area contributed by atoms with Crippen LogP contribution in [0.25, 0.3) is 0 Å². The summed E-state index contributed by atoms with van der Waals surface area (Å²) in [5.41, 5.74) is 0.572. The molecule has 0 spiro atoms. The first-order valence-electron chi connectivity index (χ1n) is 6.71. The summed E-state index contributed by atoms with van der Waals surface area (Å²) in [4.78, 5) is 6.57. The van der Waals surface area contributed by atoms with Crippen LogP contribution in [0.1, 0.15) is 19.4 Å². The van der Waals surface area contributed by atoms with Gasteiger partial charge in [0.2, 0.25) is 0 Å². The monoisotopic (exact) mass is 292 g/mol. The molecule has 0 bridgehead atoms. The summed E-state index contributed by atoms with van der Waals surface area (Å²) in [7, 11) is -0.650. The lowest BCUT2D eigenvalue weighted by molar-refractivity contribution is 0.145. The first-order chi connectivity index (χ1) is 9.51. The molecule has 20 heavy (non-hydrogen) atoms. The Morgan fingerprint density at radius 1 is 1.50 bits per heavy atom. The van der Waals surface area contributed by atoms with Crippen LogP contribution in [0.5, 0.6) is 0 Å². The van der Waals surface area contributed by atoms with Crippen LogP contribution in [0.15, 0.2) is 18.3 Å². The minimum absolute atomic E-state index is 0.0328. The number of aromatic nitrogens is 1. The number of rotatable bonds is 4. The highest BCUT2D eigenvalue weighted by molar-refractivity contribution is 7.85. The van der Waals surface area contributed by atoms with Crippen molar-refractivity contribution in [2.75, 3.05) is 36.5 Å². The average molecular weight is 292 g/mol. The molecule has 108 valence electrons. The van der Waals surface area contributed by atoms with Gasteiger partial charge in [-0.15, -0.1) is 0 Å². The van der Waals surface area contributed by atoms with Gasteiger partial charge in [0, 0.05) is 53.7 Å². The summed E-state index contributed by atoms with van der Waals surface area (Å²) in [6, 6.07) is 5.55. The van der Waals surface area contributed by atoms with Crippen LogP contribution in [-0.4, -0.2) is 50.8 Å². The van der Waals surface area contributed by atoms with Crippen LogP contribution < -0.4 is 5.32 Å². The summed E-state index contributed by atoms with van der Waals surface area (Å²) < 4.78 is 11.4. The molecule has 0 aliphatic carbocycles. The Bertz CT molecular complexity index is 528. The molecule has 0 radical (unpaired) electrons. The topological polar surface area (TPSA) is 69.0 Å². The minimum atomic E-state index is -0.650. The zero-order chi connectivity index (χ0) is 14.6. The quantitative estimate of drug-likeness (QED) is 0.903. The third-order valence-electron chi connectivity index (χ3n) is 3.62. The number of anilines is 1. The summed E-state index contributed by atoms with van der Waals surface area (Å²) >= 11 is 0. The Labute approximate surface area is 122 Å². The van der Waals surface area contributed by atoms with E-state index in [0.717, 1.165) is 37.0 Å². The molecule has 2 heterocycles. The van der Waals surface area contributed by atoms with Crippen LogP contribution in [0, 0.1) is 11.3 Å². The van der Waals surface area contributed by atoms with E-state index in [0.29, 0.717) is 5.56 Å². The molecule has 1 fully saturated rings. The van der Waals surface area contributed by atoms with Crippen LogP contribution in [0.4, 0.5) is 5.82 Å². The fourth-order valence-corrected chi connectivity index (χ4v) is 3.31. The van der Waals surface area contributed by atoms with Crippen molar-refractivity contribution in [1.82, 2.24) is 9.88 Å². The molecule has 2 rings (SSSR count). The summed E-state index contributed by atoms with van der Waals surface area (Å²) in [6.07, 6.45) is 1.64. The minimum Gasteiger partial charge on any atom is -0.368 e. The lowest BCUT2D eigenvalue weighted by Gasteiger charge is -2.40. The molecule has 0 amide bonds. The number of pyridine rings is 1. The molecular formula is C14H20N4OS. The van der Waals surface area contributed by atoms with Gasteiger partial charge in [0.25, 0.3) is 0 Å². The normalized spacial score (nSPS) is 17.6. The number of nitrogens with zero attached hydrogens (tertiary/aromatic N) is 3. The molecule has 0 unspecified atom stereocenters. The first-order valence-corrected chi connectivity index (χ1v) is 8.20. The van der Waals surface area contributed by atoms with Crippen LogP contribution in [-0.2, 0) is 10.8 Å². The van der Waals surface area contributed by atoms with Crippen molar-refractivity contribution in [1.29, 1.82) is 5.26 Å². The van der Waals surface area contributed by atoms with E-state index in [1.165, 1.54) is 0 Å². The van der Waals surface area contributed by atoms with Gasteiger partial charge in [0.15, 0.2) is 0 Å². The highest BCUT2D eigenvalue weighted by Crippen LogP contribution is 2.18. The van der Waals surface area contributed by atoms with E-state index in [1.54, 1.807) is 18.3 Å². The SMILES string of the molecule is CC(C)(CNc1cc(C#N)ccn1)N1CCS(=O)CC1. The maximum Gasteiger partial charge on any atom is 0.127 e. The van der Waals surface area contributed by atoms with E-state index < -0.39 is 10.8 Å². The van der Waals surface area contributed by atoms with E-state index in [9.17, 15) is 4.21 Å². The second-order valence-electron chi connectivity index (χ2n) is 5.54. The fourth-order valence-electron chi connectivity index (χ4n) is 2.26. The molecule has 0 atom stereocenters. The van der Waals surface area contributed by atoms with Crippen molar-refractivity contribution >= 4 is 16.6 Å². The molecule has 1 aromatic rings. The Hall–Kier alpha value is -1.45. The standard InChI is InChI=1S/C14H20N4OS/c1-14(2,18-5-7-20(19)8-6-18)11-17-13-9-12(10-15)3-4-16-13/h3-4,9H,5-8,11H2,1-2H3,(H,16,17). The summed E-state index contributed by atoms with van der Waals surface area (Å²) in [6.45, 7) is 6.81. The first kappa shape index (κ1) is 14.9. The van der Waals surface area contributed by atoms with Gasteiger partial charge in [-0.25, -0.2) is 4.98 Å². The number of nitrogens with one attached hydrogen (secondary N) is 1. The molecule has 1 N–H and O–H groups in total. The predicted molar refractivity (Wildman–Crippen MR) is 81.0 cm³/mol. The summed E-state index contributed by atoms with van der Waals surface area (Å²) in [5, 5.41) is 12.2. The molecule has 6 heteroatoms. The van der Waals surface area contributed by atoms with Crippen LogP contribution in [0.3, 0.4) is 0 Å². The zero-order valence-electron chi connectivity index (χ0n) is 11.9. The van der Waals surface area contributed by atoms with Gasteiger partial charge in [0.1, 0.15) is 5.82 Å². The van der Waals surface area contributed by atoms with Gasteiger partial charge in [-0.3, -0.25) is 9.11 Å². The highest BCUT2D eigenvalue weighted by Gasteiger charge is 2.29. The van der Waals surface area contributed by atoms with E-state index in [1.807, 2.05) is 0 Å². The third-order valence-corrected chi connectivity index (χ3v) is 4.90. The van der Waals surface area contributed by atoms with Crippen molar-refractivity contribution in [3.63, 3.8) is 0 Å². The molecule has 1 aromatic heterocycles. The van der Waals surface area contributed by atoms with Crippen LogP contribution >= 0.6 is 0 Å². The van der Waals surface area contributed by atoms with E-state index in [-0.39, 0.29) is 5.54 Å². The molecular weight excluding hydrogens is 272 g/mol. The van der Waals surface area contributed by atoms with Crippen molar-refractivity contribution < 1.29 is 4.21 Å². The van der Waals surface area contributed by atoms with Crippen molar-refractivity contribution in [2.24, 2.45) is 0 Å². The maximum atomic E-state index is 11.4. The van der Waals surface area contributed by atoms with Crippen molar-refractivity contribution in [3.05, 3.63) is 23.9 Å². The molecule has 0 saturated carbocycles. The predicted octanol–water partition coefficient (Wildman–Crippen LogP) is 1.21. The Kier molecular flexibility index (Phi) is 4.73. The molecule has 0 aromatic carbocycles. The number of hydrogen-bond donors (Lipinski definition) is 1. The van der Waals surface area contributed by atoms with Gasteiger partial charge in [0.05, 0.1) is 11.6 Å². The van der Waals surface area contributed by atoms with Gasteiger partial charge in [-0.2, -0.15) is 5.26 Å². The van der Waals surface area contributed by atoms with E-state index in [2.05, 4.69) is 35.1 Å². The van der Waals surface area contributed by atoms with Gasteiger partial charge in [-0.05, 0) is 26.0 Å². The number of nitriles is 1. The molecule has 1 aliphatic heterocycles. The Morgan fingerprint density at radius 2 is 2.20 bits per heavy atom. The third kappa shape index (κ3) is 3.78. The highest BCUT2D eigenvalue weighted by atomic mass is 32.2. The van der Waals surface area contributed by atoms with Crippen molar-refractivity contribution in [2.45, 2.75) is 19.4 Å². The maximum absolute atomic E-state index is 11.4. The molecule has 5 nitrogen and oxygen atoms in total. The Morgan fingerprint density at radius 3 is 2.85 bits per heavy atom. The van der Waals surface area contributed by atoms with E-state index in [4.69, 9.17) is 5.26 Å². The molecule has 1 aliphatic rings. The Balaban J connectivity index is 1.94. The lowest BCUT2D eigenvalue weighted by atomic mass is 10.0. The second kappa shape index (κ2) is 6.33. The smallest absolute Gasteiger partial charge is 0.127 e. The van der Waals surface area contributed by atoms with Gasteiger partial charge in [-0.1, -0.05) is 0 Å². The lowest BCUT2D eigenvalue weighted by Crippen LogP contribution is -2.53. The second-order valence-corrected chi connectivity index (χ2v) is 7.24. The largest absolute Gasteiger partial charge is 0.368 e. The van der Waals surface area contributed by atoms with Crippen LogP contribution in [0.2, 0.25) is 0 Å². The number of hydrogen-bond acceptors (Lipinski definition) is 5. The average Bonchev–Trinajstić information content (AvgIpc) is 2.46. The zero-order valence-corrected chi connectivity index (χ0v) is 12.7. The van der Waals surface area contributed by atoms with Gasteiger partial charge >= 0.3 is 0 Å². The summed E-state index contributed by atoms with van der Waals surface area (Å²) in [5.74, 6) is 2.23. The fraction of sp³-hybridized carbons (Fsp3) is 0.571. The van der Waals surface area contributed by atoms with E-state index >= 15 is 0 Å².